The highest BCUT2D eigenvalue weighted by molar-refractivity contribution is 7.91. The van der Waals surface area contributed by atoms with Crippen LogP contribution in [0.4, 0.5) is 0 Å². The van der Waals surface area contributed by atoms with E-state index >= 15 is 0 Å². The van der Waals surface area contributed by atoms with Crippen LogP contribution < -0.4 is 9.47 Å². The predicted octanol–water partition coefficient (Wildman–Crippen LogP) is 2.83. The topological polar surface area (TPSA) is 87.5 Å². The summed E-state index contributed by atoms with van der Waals surface area (Å²) in [4.78, 5) is 12.5. The molecular formula is C18H17ClN2O5S. The third-order valence-corrected chi connectivity index (χ3v) is 6.81. The van der Waals surface area contributed by atoms with Gasteiger partial charge in [0.2, 0.25) is 6.79 Å². The molecule has 1 fully saturated rings. The van der Waals surface area contributed by atoms with E-state index in [0.717, 1.165) is 0 Å². The maximum Gasteiger partial charge on any atom is 0.231 e. The number of rotatable bonds is 4. The number of halogens is 1. The summed E-state index contributed by atoms with van der Waals surface area (Å²) in [6, 6.07) is 4.73. The molecule has 0 unspecified atom stereocenters. The lowest BCUT2D eigenvalue weighted by molar-refractivity contribution is 0.104. The largest absolute Gasteiger partial charge is 0.454 e. The summed E-state index contributed by atoms with van der Waals surface area (Å²) in [5, 5.41) is 4.71. The second kappa shape index (κ2) is 6.69. The standard InChI is InChI=1S/C18H17ClN2O5S/c1-11-14(18(19)21(20-11)13-6-7-27(23,24)9-13)3-4-15(22)12-2-5-16-17(8-12)26-10-25-16/h2-5,8,13H,6-7,9-10H2,1H3/b4-3+/t13-/m1/s1. The molecule has 1 saturated heterocycles. The molecule has 142 valence electrons. The molecule has 27 heavy (non-hydrogen) atoms. The van der Waals surface area contributed by atoms with Gasteiger partial charge in [-0.15, -0.1) is 0 Å². The molecule has 0 saturated carbocycles. The first kappa shape index (κ1) is 18.1. The number of nitrogens with zero attached hydrogens (tertiary/aromatic N) is 2. The van der Waals surface area contributed by atoms with Crippen molar-refractivity contribution in [3.05, 3.63) is 46.2 Å². The summed E-state index contributed by atoms with van der Waals surface area (Å²) >= 11 is 6.42. The van der Waals surface area contributed by atoms with Gasteiger partial charge in [0.05, 0.1) is 23.2 Å². The Hall–Kier alpha value is -2.32. The number of ether oxygens (including phenoxy) is 2. The summed E-state index contributed by atoms with van der Waals surface area (Å²) in [7, 11) is -3.04. The maximum atomic E-state index is 12.5. The van der Waals surface area contributed by atoms with Gasteiger partial charge in [0.1, 0.15) is 5.15 Å². The second-order valence-electron chi connectivity index (χ2n) is 6.56. The van der Waals surface area contributed by atoms with E-state index < -0.39 is 9.84 Å². The molecule has 7 nitrogen and oxygen atoms in total. The summed E-state index contributed by atoms with van der Waals surface area (Å²) in [6.07, 6.45) is 3.52. The average molecular weight is 409 g/mol. The number of benzene rings is 1. The Morgan fingerprint density at radius 1 is 1.33 bits per heavy atom. The van der Waals surface area contributed by atoms with Crippen LogP contribution in [0.15, 0.2) is 24.3 Å². The van der Waals surface area contributed by atoms with Crippen molar-refractivity contribution in [1.29, 1.82) is 0 Å². The molecule has 2 aromatic rings. The van der Waals surface area contributed by atoms with Crippen LogP contribution in [0.2, 0.25) is 5.15 Å². The van der Waals surface area contributed by atoms with Gasteiger partial charge >= 0.3 is 0 Å². The number of allylic oxidation sites excluding steroid dienone is 1. The predicted molar refractivity (Wildman–Crippen MR) is 100 cm³/mol. The van der Waals surface area contributed by atoms with Crippen LogP contribution >= 0.6 is 11.6 Å². The number of aromatic nitrogens is 2. The summed E-state index contributed by atoms with van der Waals surface area (Å²) < 4.78 is 35.5. The van der Waals surface area contributed by atoms with Gasteiger partial charge < -0.3 is 9.47 Å². The van der Waals surface area contributed by atoms with Gasteiger partial charge in [-0.2, -0.15) is 5.10 Å². The normalized spacial score (nSPS) is 20.4. The molecule has 1 aromatic heterocycles. The Labute approximate surface area is 161 Å². The van der Waals surface area contributed by atoms with Crippen molar-refractivity contribution in [3.8, 4) is 11.5 Å². The Balaban J connectivity index is 1.56. The second-order valence-corrected chi connectivity index (χ2v) is 9.14. The minimum Gasteiger partial charge on any atom is -0.454 e. The molecular weight excluding hydrogens is 392 g/mol. The SMILES string of the molecule is Cc1nn([C@@H]2CCS(=O)(=O)C2)c(Cl)c1/C=C/C(=O)c1ccc2c(c1)OCO2. The molecule has 2 aliphatic rings. The monoisotopic (exact) mass is 408 g/mol. The number of sulfone groups is 1. The lowest BCUT2D eigenvalue weighted by atomic mass is 10.1. The quantitative estimate of drug-likeness (QED) is 0.571. The van der Waals surface area contributed by atoms with Crippen LogP contribution in [0.3, 0.4) is 0 Å². The lowest BCUT2D eigenvalue weighted by Gasteiger charge is -2.09. The third kappa shape index (κ3) is 3.46. The van der Waals surface area contributed by atoms with Gasteiger partial charge in [-0.1, -0.05) is 11.6 Å². The first-order valence-electron chi connectivity index (χ1n) is 8.41. The molecule has 0 radical (unpaired) electrons. The first-order valence-corrected chi connectivity index (χ1v) is 10.6. The number of aryl methyl sites for hydroxylation is 1. The molecule has 1 aromatic carbocycles. The van der Waals surface area contributed by atoms with Gasteiger partial charge in [0.25, 0.3) is 0 Å². The highest BCUT2D eigenvalue weighted by Gasteiger charge is 2.31. The molecule has 0 bridgehead atoms. The third-order valence-electron chi connectivity index (χ3n) is 4.68. The fraction of sp³-hybridized carbons (Fsp3) is 0.333. The number of ketones is 1. The minimum atomic E-state index is -3.04. The molecule has 0 aliphatic carbocycles. The van der Waals surface area contributed by atoms with Crippen molar-refractivity contribution in [2.45, 2.75) is 19.4 Å². The van der Waals surface area contributed by atoms with Crippen molar-refractivity contribution in [2.24, 2.45) is 0 Å². The van der Waals surface area contributed by atoms with Crippen molar-refractivity contribution < 1.29 is 22.7 Å². The lowest BCUT2D eigenvalue weighted by Crippen LogP contribution is -2.12. The fourth-order valence-corrected chi connectivity index (χ4v) is 5.30. The van der Waals surface area contributed by atoms with Gasteiger partial charge in [0, 0.05) is 11.1 Å². The van der Waals surface area contributed by atoms with Crippen molar-refractivity contribution in [2.75, 3.05) is 18.3 Å². The molecule has 3 heterocycles. The van der Waals surface area contributed by atoms with Crippen LogP contribution in [0.5, 0.6) is 11.5 Å². The Kier molecular flexibility index (Phi) is 4.47. The zero-order valence-corrected chi connectivity index (χ0v) is 16.1. The maximum absolute atomic E-state index is 12.5. The number of hydrogen-bond acceptors (Lipinski definition) is 6. The van der Waals surface area contributed by atoms with Crippen molar-refractivity contribution in [3.63, 3.8) is 0 Å². The Morgan fingerprint density at radius 2 is 2.11 bits per heavy atom. The number of carbonyl (C=O) groups excluding carboxylic acids is 1. The Morgan fingerprint density at radius 3 is 2.85 bits per heavy atom. The molecule has 0 spiro atoms. The number of fused-ring (bicyclic) bond motifs is 1. The zero-order chi connectivity index (χ0) is 19.2. The van der Waals surface area contributed by atoms with E-state index in [1.165, 1.54) is 6.08 Å². The van der Waals surface area contributed by atoms with Crippen molar-refractivity contribution in [1.82, 2.24) is 9.78 Å². The molecule has 2 aliphatic heterocycles. The van der Waals surface area contributed by atoms with E-state index in [9.17, 15) is 13.2 Å². The fourth-order valence-electron chi connectivity index (χ4n) is 3.24. The number of carbonyl (C=O) groups is 1. The van der Waals surface area contributed by atoms with E-state index in [2.05, 4.69) is 5.10 Å². The van der Waals surface area contributed by atoms with E-state index in [1.54, 1.807) is 35.9 Å². The highest BCUT2D eigenvalue weighted by atomic mass is 35.5. The van der Waals surface area contributed by atoms with Gasteiger partial charge in [-0.25, -0.2) is 13.1 Å². The van der Waals surface area contributed by atoms with Gasteiger partial charge in [0.15, 0.2) is 27.1 Å². The minimum absolute atomic E-state index is 0.0348. The van der Waals surface area contributed by atoms with E-state index in [0.29, 0.717) is 39.9 Å². The number of hydrogen-bond donors (Lipinski definition) is 0. The molecule has 0 amide bonds. The van der Waals surface area contributed by atoms with Crippen LogP contribution in [0.25, 0.3) is 6.08 Å². The average Bonchev–Trinajstić information content (AvgIpc) is 3.30. The van der Waals surface area contributed by atoms with Crippen molar-refractivity contribution >= 4 is 33.3 Å². The van der Waals surface area contributed by atoms with Crippen LogP contribution in [-0.4, -0.2) is 42.3 Å². The highest BCUT2D eigenvalue weighted by Crippen LogP contribution is 2.33. The van der Waals surface area contributed by atoms with Crippen LogP contribution in [0.1, 0.15) is 34.1 Å². The Bertz CT molecular complexity index is 1060. The molecule has 4 rings (SSSR count). The van der Waals surface area contributed by atoms with Gasteiger partial charge in [-0.3, -0.25) is 4.79 Å². The van der Waals surface area contributed by atoms with Crippen LogP contribution in [-0.2, 0) is 9.84 Å². The van der Waals surface area contributed by atoms with Gasteiger partial charge in [-0.05, 0) is 43.7 Å². The van der Waals surface area contributed by atoms with Crippen LogP contribution in [0, 0.1) is 6.92 Å². The smallest absolute Gasteiger partial charge is 0.231 e. The summed E-state index contributed by atoms with van der Waals surface area (Å²) in [5.74, 6) is 1.12. The molecule has 0 N–H and O–H groups in total. The molecule has 1 atom stereocenters. The van der Waals surface area contributed by atoms with E-state index in [1.807, 2.05) is 0 Å². The summed E-state index contributed by atoms with van der Waals surface area (Å²) in [5.41, 5.74) is 1.72. The van der Waals surface area contributed by atoms with E-state index in [-0.39, 0.29) is 30.1 Å². The van der Waals surface area contributed by atoms with E-state index in [4.69, 9.17) is 21.1 Å². The summed E-state index contributed by atoms with van der Waals surface area (Å²) in [6.45, 7) is 1.92. The zero-order valence-electron chi connectivity index (χ0n) is 14.5. The first-order chi connectivity index (χ1) is 12.8. The molecule has 9 heteroatoms.